The number of nitrogens with zero attached hydrogens (tertiary/aromatic N) is 3. The first-order chi connectivity index (χ1) is 8.60. The number of anilines is 1. The number of piperazine rings is 1. The number of carbonyl (C=O) groups excluding carboxylic acids is 1. The van der Waals surface area contributed by atoms with Crippen LogP contribution in [0.5, 0.6) is 0 Å². The van der Waals surface area contributed by atoms with Crippen molar-refractivity contribution in [3.63, 3.8) is 0 Å². The number of carbonyl (C=O) groups is 1. The van der Waals surface area contributed by atoms with E-state index in [0.29, 0.717) is 23.9 Å². The number of aromatic nitrogens is 1. The van der Waals surface area contributed by atoms with Gasteiger partial charge in [-0.3, -0.25) is 9.69 Å². The van der Waals surface area contributed by atoms with Crippen LogP contribution in [0.4, 0.5) is 5.82 Å². The molecule has 1 amide bonds. The Morgan fingerprint density at radius 2 is 2.28 bits per heavy atom. The molecule has 6 nitrogen and oxygen atoms in total. The summed E-state index contributed by atoms with van der Waals surface area (Å²) in [6, 6.07) is 3.46. The highest BCUT2D eigenvalue weighted by atomic mass is 35.5. The van der Waals surface area contributed by atoms with Gasteiger partial charge in [0.05, 0.1) is 17.3 Å². The smallest absolute Gasteiger partial charge is 0.236 e. The minimum Gasteiger partial charge on any atom is -0.343 e. The highest BCUT2D eigenvalue weighted by Gasteiger charge is 2.21. The molecule has 0 saturated carbocycles. The number of nitrogens with two attached hydrogens (primary N) is 1. The van der Waals surface area contributed by atoms with Crippen molar-refractivity contribution in [2.24, 2.45) is 5.84 Å². The van der Waals surface area contributed by atoms with Gasteiger partial charge in [-0.25, -0.2) is 10.8 Å². The van der Waals surface area contributed by atoms with E-state index in [-0.39, 0.29) is 5.91 Å². The summed E-state index contributed by atoms with van der Waals surface area (Å²) in [6.07, 6.45) is 0. The normalized spacial score (nSPS) is 17.1. The Bertz CT molecular complexity index is 453. The van der Waals surface area contributed by atoms with Gasteiger partial charge in [-0.1, -0.05) is 11.6 Å². The molecule has 2 heterocycles. The van der Waals surface area contributed by atoms with E-state index in [1.807, 2.05) is 11.9 Å². The van der Waals surface area contributed by atoms with Crippen LogP contribution in [0, 0.1) is 0 Å². The Morgan fingerprint density at radius 1 is 1.50 bits per heavy atom. The highest BCUT2D eigenvalue weighted by molar-refractivity contribution is 6.31. The first-order valence-corrected chi connectivity index (χ1v) is 6.06. The molecule has 0 unspecified atom stereocenters. The largest absolute Gasteiger partial charge is 0.343 e. The van der Waals surface area contributed by atoms with E-state index in [9.17, 15) is 4.79 Å². The van der Waals surface area contributed by atoms with Crippen molar-refractivity contribution in [1.29, 1.82) is 0 Å². The summed E-state index contributed by atoms with van der Waals surface area (Å²) in [5, 5.41) is 0.584. The van der Waals surface area contributed by atoms with Crippen molar-refractivity contribution in [3.05, 3.63) is 22.8 Å². The molecule has 0 atom stereocenters. The fraction of sp³-hybridized carbons (Fsp3) is 0.455. The van der Waals surface area contributed by atoms with E-state index in [4.69, 9.17) is 17.4 Å². The number of nitrogen functional groups attached to an aromatic ring is 1. The van der Waals surface area contributed by atoms with E-state index in [0.717, 1.165) is 18.8 Å². The number of nitrogens with one attached hydrogen (secondary N) is 1. The molecule has 0 spiro atoms. The minimum absolute atomic E-state index is 0.116. The predicted molar refractivity (Wildman–Crippen MR) is 70.0 cm³/mol. The minimum atomic E-state index is 0.116. The third-order valence-electron chi connectivity index (χ3n) is 2.98. The standard InChI is InChI=1S/C11H16ClN5O/c1-16-4-5-17(7-11(16)18)6-9-8(12)2-3-10(14-9)15-13/h2-3H,4-7,13H2,1H3,(H,14,15). The molecule has 7 heteroatoms. The molecule has 98 valence electrons. The van der Waals surface area contributed by atoms with Crippen molar-refractivity contribution in [2.45, 2.75) is 6.54 Å². The van der Waals surface area contributed by atoms with Gasteiger partial charge in [-0.05, 0) is 12.1 Å². The molecule has 1 aliphatic heterocycles. The molecular weight excluding hydrogens is 254 g/mol. The van der Waals surface area contributed by atoms with Crippen molar-refractivity contribution < 1.29 is 4.79 Å². The zero-order chi connectivity index (χ0) is 13.1. The lowest BCUT2D eigenvalue weighted by atomic mass is 10.2. The van der Waals surface area contributed by atoms with E-state index in [1.54, 1.807) is 17.0 Å². The molecule has 0 radical (unpaired) electrons. The van der Waals surface area contributed by atoms with Crippen LogP contribution >= 0.6 is 11.6 Å². The Hall–Kier alpha value is -1.37. The van der Waals surface area contributed by atoms with Crippen LogP contribution in [-0.2, 0) is 11.3 Å². The van der Waals surface area contributed by atoms with Crippen LogP contribution in [0.1, 0.15) is 5.69 Å². The summed E-state index contributed by atoms with van der Waals surface area (Å²) in [6.45, 7) is 2.49. The monoisotopic (exact) mass is 269 g/mol. The molecule has 1 aliphatic rings. The van der Waals surface area contributed by atoms with Crippen LogP contribution in [-0.4, -0.2) is 47.4 Å². The summed E-state index contributed by atoms with van der Waals surface area (Å²) in [5.74, 6) is 5.99. The van der Waals surface area contributed by atoms with Gasteiger partial charge in [0.2, 0.25) is 5.91 Å². The van der Waals surface area contributed by atoms with E-state index >= 15 is 0 Å². The van der Waals surface area contributed by atoms with Gasteiger partial charge in [0, 0.05) is 26.7 Å². The van der Waals surface area contributed by atoms with E-state index < -0.39 is 0 Å². The first kappa shape index (κ1) is 13.1. The van der Waals surface area contributed by atoms with Gasteiger partial charge in [-0.2, -0.15) is 0 Å². The number of likely N-dealkylation sites (N-methyl/N-ethyl adjacent to an activating group) is 1. The van der Waals surface area contributed by atoms with Crippen LogP contribution in [0.3, 0.4) is 0 Å². The summed E-state index contributed by atoms with van der Waals surface area (Å²) < 4.78 is 0. The second-order valence-electron chi connectivity index (χ2n) is 4.30. The molecule has 1 aromatic heterocycles. The van der Waals surface area contributed by atoms with Crippen molar-refractivity contribution in [2.75, 3.05) is 32.1 Å². The summed E-state index contributed by atoms with van der Waals surface area (Å²) in [7, 11) is 1.81. The number of amides is 1. The Balaban J connectivity index is 2.07. The number of hydrogen-bond acceptors (Lipinski definition) is 5. The molecular formula is C11H16ClN5O. The Kier molecular flexibility index (Phi) is 4.00. The fourth-order valence-electron chi connectivity index (χ4n) is 1.83. The predicted octanol–water partition coefficient (Wildman–Crippen LogP) is 0.295. The summed E-state index contributed by atoms with van der Waals surface area (Å²) in [5.41, 5.74) is 3.21. The lowest BCUT2D eigenvalue weighted by molar-refractivity contribution is -0.134. The number of pyridine rings is 1. The van der Waals surface area contributed by atoms with E-state index in [2.05, 4.69) is 10.4 Å². The van der Waals surface area contributed by atoms with E-state index in [1.165, 1.54) is 0 Å². The fourth-order valence-corrected chi connectivity index (χ4v) is 1.99. The van der Waals surface area contributed by atoms with Crippen molar-refractivity contribution in [3.8, 4) is 0 Å². The van der Waals surface area contributed by atoms with Crippen LogP contribution in [0.2, 0.25) is 5.02 Å². The molecule has 18 heavy (non-hydrogen) atoms. The third kappa shape index (κ3) is 2.90. The average Bonchev–Trinajstić information content (AvgIpc) is 2.36. The lowest BCUT2D eigenvalue weighted by Crippen LogP contribution is -2.48. The van der Waals surface area contributed by atoms with Gasteiger partial charge in [0.1, 0.15) is 5.82 Å². The zero-order valence-electron chi connectivity index (χ0n) is 10.2. The molecule has 3 N–H and O–H groups in total. The summed E-state index contributed by atoms with van der Waals surface area (Å²) >= 11 is 6.08. The Labute approximate surface area is 111 Å². The van der Waals surface area contributed by atoms with Crippen LogP contribution in [0.25, 0.3) is 0 Å². The zero-order valence-corrected chi connectivity index (χ0v) is 10.9. The van der Waals surface area contributed by atoms with Gasteiger partial charge >= 0.3 is 0 Å². The molecule has 0 aromatic carbocycles. The summed E-state index contributed by atoms with van der Waals surface area (Å²) in [4.78, 5) is 19.6. The third-order valence-corrected chi connectivity index (χ3v) is 3.32. The van der Waals surface area contributed by atoms with Crippen molar-refractivity contribution in [1.82, 2.24) is 14.8 Å². The van der Waals surface area contributed by atoms with Crippen molar-refractivity contribution >= 4 is 23.3 Å². The van der Waals surface area contributed by atoms with Gasteiger partial charge in [0.15, 0.2) is 0 Å². The number of halogens is 1. The maximum atomic E-state index is 11.6. The molecule has 1 fully saturated rings. The Morgan fingerprint density at radius 3 is 2.94 bits per heavy atom. The number of hydrazine groups is 1. The topological polar surface area (TPSA) is 74.5 Å². The van der Waals surface area contributed by atoms with Crippen LogP contribution in [0.15, 0.2) is 12.1 Å². The van der Waals surface area contributed by atoms with Gasteiger partial charge in [0.25, 0.3) is 0 Å². The molecule has 1 aromatic rings. The molecule has 0 aliphatic carbocycles. The second kappa shape index (κ2) is 5.51. The lowest BCUT2D eigenvalue weighted by Gasteiger charge is -2.31. The number of rotatable bonds is 3. The molecule has 0 bridgehead atoms. The number of hydrogen-bond donors (Lipinski definition) is 2. The highest BCUT2D eigenvalue weighted by Crippen LogP contribution is 2.18. The van der Waals surface area contributed by atoms with Gasteiger partial charge in [-0.15, -0.1) is 0 Å². The average molecular weight is 270 g/mol. The van der Waals surface area contributed by atoms with Gasteiger partial charge < -0.3 is 10.3 Å². The second-order valence-corrected chi connectivity index (χ2v) is 4.70. The molecule has 1 saturated heterocycles. The maximum Gasteiger partial charge on any atom is 0.236 e. The quantitative estimate of drug-likeness (QED) is 0.610. The van der Waals surface area contributed by atoms with Crippen LogP contribution < -0.4 is 11.3 Å². The molecule has 2 rings (SSSR count). The maximum absolute atomic E-state index is 11.6. The SMILES string of the molecule is CN1CCN(Cc2nc(NN)ccc2Cl)CC1=O. The first-order valence-electron chi connectivity index (χ1n) is 5.68.